The van der Waals surface area contributed by atoms with Crippen LogP contribution in [0, 0.1) is 0 Å². The van der Waals surface area contributed by atoms with E-state index in [2.05, 4.69) is 0 Å². The van der Waals surface area contributed by atoms with Crippen molar-refractivity contribution in [3.63, 3.8) is 0 Å². The van der Waals surface area contributed by atoms with Gasteiger partial charge in [0.15, 0.2) is 16.4 Å². The number of hydrogen-bond donors (Lipinski definition) is 0. The number of hydrogen-bond acceptors (Lipinski definition) is 5. The number of para-hydroxylation sites is 1. The molecular weight excluding hydrogens is 390 g/mol. The molecule has 6 nitrogen and oxygen atoms in total. The minimum Gasteiger partial charge on any atom is -0.484 e. The molecule has 1 saturated heterocycles. The van der Waals surface area contributed by atoms with Crippen LogP contribution in [-0.2, 0) is 14.6 Å². The molecule has 3 aromatic rings. The summed E-state index contributed by atoms with van der Waals surface area (Å²) in [5, 5.41) is 1.93. The third-order valence-electron chi connectivity index (χ3n) is 5.67. The Kier molecular flexibility index (Phi) is 5.25. The monoisotopic (exact) mass is 415 g/mol. The van der Waals surface area contributed by atoms with Crippen molar-refractivity contribution in [2.75, 3.05) is 18.1 Å². The molecule has 0 radical (unpaired) electrons. The van der Waals surface area contributed by atoms with Gasteiger partial charge in [0.25, 0.3) is 5.91 Å². The summed E-state index contributed by atoms with van der Waals surface area (Å²) < 4.78 is 35.4. The van der Waals surface area contributed by atoms with Gasteiger partial charge in [-0.3, -0.25) is 4.79 Å². The van der Waals surface area contributed by atoms with E-state index in [0.29, 0.717) is 12.2 Å². The molecule has 7 heteroatoms. The fourth-order valence-corrected chi connectivity index (χ4v) is 5.73. The topological polar surface area (TPSA) is 76.8 Å². The average molecular weight is 416 g/mol. The Morgan fingerprint density at radius 3 is 2.69 bits per heavy atom. The highest BCUT2D eigenvalue weighted by Gasteiger charge is 2.36. The predicted molar refractivity (Wildman–Crippen MR) is 113 cm³/mol. The molecule has 1 amide bonds. The van der Waals surface area contributed by atoms with Gasteiger partial charge in [-0.15, -0.1) is 0 Å². The van der Waals surface area contributed by atoms with E-state index in [1.807, 2.05) is 50.2 Å². The first kappa shape index (κ1) is 19.8. The van der Waals surface area contributed by atoms with E-state index < -0.39 is 9.84 Å². The van der Waals surface area contributed by atoms with Crippen LogP contribution in [0.15, 0.2) is 46.9 Å². The van der Waals surface area contributed by atoms with Crippen LogP contribution in [-0.4, -0.2) is 49.4 Å². The lowest BCUT2D eigenvalue weighted by Crippen LogP contribution is -2.48. The van der Waals surface area contributed by atoms with E-state index in [1.54, 1.807) is 11.0 Å². The van der Waals surface area contributed by atoms with Crippen LogP contribution in [0.5, 0.6) is 5.75 Å². The molecule has 29 heavy (non-hydrogen) atoms. The number of sulfone groups is 1. The first-order chi connectivity index (χ1) is 13.9. The Balaban J connectivity index is 1.52. The second-order valence-corrected chi connectivity index (χ2v) is 9.89. The Morgan fingerprint density at radius 2 is 1.97 bits per heavy atom. The van der Waals surface area contributed by atoms with E-state index in [9.17, 15) is 13.2 Å². The zero-order valence-corrected chi connectivity index (χ0v) is 17.4. The van der Waals surface area contributed by atoms with Crippen molar-refractivity contribution in [2.45, 2.75) is 38.8 Å². The molecule has 1 aromatic heterocycles. The van der Waals surface area contributed by atoms with Gasteiger partial charge in [0.1, 0.15) is 16.9 Å². The van der Waals surface area contributed by atoms with Gasteiger partial charge in [0.2, 0.25) is 0 Å². The summed E-state index contributed by atoms with van der Waals surface area (Å²) in [6.45, 7) is 3.82. The second-order valence-electron chi connectivity index (χ2n) is 7.66. The molecule has 2 heterocycles. The summed E-state index contributed by atoms with van der Waals surface area (Å²) >= 11 is 0. The normalized spacial score (nSPS) is 19.4. The highest BCUT2D eigenvalue weighted by molar-refractivity contribution is 7.91. The molecule has 154 valence electrons. The zero-order valence-electron chi connectivity index (χ0n) is 16.6. The van der Waals surface area contributed by atoms with E-state index >= 15 is 0 Å². The molecule has 2 atom stereocenters. The molecule has 0 spiro atoms. The highest BCUT2D eigenvalue weighted by atomic mass is 32.2. The summed E-state index contributed by atoms with van der Waals surface area (Å²) in [4.78, 5) is 14.6. The van der Waals surface area contributed by atoms with E-state index in [4.69, 9.17) is 9.15 Å². The van der Waals surface area contributed by atoms with Crippen molar-refractivity contribution < 1.29 is 22.4 Å². The summed E-state index contributed by atoms with van der Waals surface area (Å²) in [7, 11) is -3.07. The van der Waals surface area contributed by atoms with Crippen molar-refractivity contribution in [2.24, 2.45) is 0 Å². The van der Waals surface area contributed by atoms with Crippen LogP contribution in [0.1, 0.15) is 26.7 Å². The molecule has 0 aliphatic carbocycles. The van der Waals surface area contributed by atoms with Crippen LogP contribution >= 0.6 is 0 Å². The van der Waals surface area contributed by atoms with Gasteiger partial charge >= 0.3 is 0 Å². The maximum absolute atomic E-state index is 12.9. The minimum atomic E-state index is -3.07. The molecule has 4 rings (SSSR count). The summed E-state index contributed by atoms with van der Waals surface area (Å²) in [6.07, 6.45) is 1.25. The lowest BCUT2D eigenvalue weighted by atomic mass is 10.1. The lowest BCUT2D eigenvalue weighted by Gasteiger charge is -2.33. The van der Waals surface area contributed by atoms with Gasteiger partial charge in [0, 0.05) is 22.9 Å². The number of amides is 1. The first-order valence-corrected chi connectivity index (χ1v) is 11.8. The second kappa shape index (κ2) is 7.71. The molecule has 1 aliphatic rings. The molecule has 1 fully saturated rings. The maximum atomic E-state index is 12.9. The fourth-order valence-electron chi connectivity index (χ4n) is 4.02. The third kappa shape index (κ3) is 3.96. The average Bonchev–Trinajstić information content (AvgIpc) is 3.25. The number of carbonyl (C=O) groups excluding carboxylic acids is 1. The Morgan fingerprint density at radius 1 is 1.21 bits per heavy atom. The van der Waals surface area contributed by atoms with Crippen molar-refractivity contribution in [1.29, 1.82) is 0 Å². The molecule has 0 bridgehead atoms. The van der Waals surface area contributed by atoms with Crippen molar-refractivity contribution in [3.05, 3.63) is 42.5 Å². The number of ether oxygens (including phenoxy) is 1. The summed E-state index contributed by atoms with van der Waals surface area (Å²) in [5.74, 6) is 0.582. The smallest absolute Gasteiger partial charge is 0.261 e. The van der Waals surface area contributed by atoms with Crippen LogP contribution in [0.3, 0.4) is 0 Å². The SMILES string of the molecule is CC[C@H](C)N(C(=O)COc1ccc2oc3ccccc3c2c1)[C@H]1CCS(=O)(=O)C1. The number of benzene rings is 2. The quantitative estimate of drug-likeness (QED) is 0.612. The van der Waals surface area contributed by atoms with Crippen molar-refractivity contribution in [1.82, 2.24) is 4.90 Å². The lowest BCUT2D eigenvalue weighted by molar-refractivity contribution is -0.137. The fraction of sp³-hybridized carbons (Fsp3) is 0.409. The van der Waals surface area contributed by atoms with Crippen molar-refractivity contribution in [3.8, 4) is 5.75 Å². The van der Waals surface area contributed by atoms with Gasteiger partial charge < -0.3 is 14.1 Å². The molecule has 1 aliphatic heterocycles. The number of fused-ring (bicyclic) bond motifs is 3. The predicted octanol–water partition coefficient (Wildman–Crippen LogP) is 3.78. The Hall–Kier alpha value is -2.54. The largest absolute Gasteiger partial charge is 0.484 e. The van der Waals surface area contributed by atoms with E-state index in [-0.39, 0.29) is 36.1 Å². The summed E-state index contributed by atoms with van der Waals surface area (Å²) in [5.41, 5.74) is 1.57. The number of furan rings is 1. The molecule has 0 unspecified atom stereocenters. The maximum Gasteiger partial charge on any atom is 0.261 e. The van der Waals surface area contributed by atoms with Crippen LogP contribution < -0.4 is 4.74 Å². The van der Waals surface area contributed by atoms with E-state index in [1.165, 1.54) is 0 Å². The molecule has 0 N–H and O–H groups in total. The molecule has 0 saturated carbocycles. The minimum absolute atomic E-state index is 0.0373. The Labute approximate surface area is 170 Å². The highest BCUT2D eigenvalue weighted by Crippen LogP contribution is 2.31. The summed E-state index contributed by atoms with van der Waals surface area (Å²) in [6, 6.07) is 13.0. The Bertz CT molecular complexity index is 1150. The number of rotatable bonds is 6. The van der Waals surface area contributed by atoms with Crippen LogP contribution in [0.2, 0.25) is 0 Å². The van der Waals surface area contributed by atoms with E-state index in [0.717, 1.165) is 28.4 Å². The molecule has 2 aromatic carbocycles. The van der Waals surface area contributed by atoms with Gasteiger partial charge in [-0.2, -0.15) is 0 Å². The standard InChI is InChI=1S/C22H25NO5S/c1-3-15(2)23(16-10-11-29(25,26)14-16)22(24)13-27-17-8-9-21-19(12-17)18-6-4-5-7-20(18)28-21/h4-9,12,15-16H,3,10-11,13-14H2,1-2H3/t15-,16-/m0/s1. The van der Waals surface area contributed by atoms with Gasteiger partial charge in [-0.05, 0) is 44.0 Å². The molecular formula is C22H25NO5S. The van der Waals surface area contributed by atoms with Crippen molar-refractivity contribution >= 4 is 37.7 Å². The first-order valence-electron chi connectivity index (χ1n) is 9.93. The van der Waals surface area contributed by atoms with Crippen LogP contribution in [0.4, 0.5) is 0 Å². The number of carbonyl (C=O) groups is 1. The van der Waals surface area contributed by atoms with Gasteiger partial charge in [-0.1, -0.05) is 25.1 Å². The van der Waals surface area contributed by atoms with Crippen LogP contribution in [0.25, 0.3) is 21.9 Å². The van der Waals surface area contributed by atoms with Gasteiger partial charge in [-0.25, -0.2) is 8.42 Å². The number of nitrogens with zero attached hydrogens (tertiary/aromatic N) is 1. The third-order valence-corrected chi connectivity index (χ3v) is 7.42. The zero-order chi connectivity index (χ0) is 20.6. The van der Waals surface area contributed by atoms with Gasteiger partial charge in [0.05, 0.1) is 11.5 Å².